The smallest absolute Gasteiger partial charge is 0.315 e. The minimum absolute atomic E-state index is 0.0703. The second kappa shape index (κ2) is 6.78. The van der Waals surface area contributed by atoms with Crippen LogP contribution in [0.2, 0.25) is 0 Å². The van der Waals surface area contributed by atoms with Crippen molar-refractivity contribution < 1.29 is 4.79 Å². The van der Waals surface area contributed by atoms with Crippen LogP contribution in [0.5, 0.6) is 0 Å². The third-order valence-electron chi connectivity index (χ3n) is 3.68. The van der Waals surface area contributed by atoms with Crippen LogP contribution in [0.3, 0.4) is 0 Å². The Labute approximate surface area is 127 Å². The highest BCUT2D eigenvalue weighted by Gasteiger charge is 2.20. The largest absolute Gasteiger partial charge is 0.371 e. The van der Waals surface area contributed by atoms with Crippen LogP contribution >= 0.6 is 0 Å². The summed E-state index contributed by atoms with van der Waals surface area (Å²) in [5.41, 5.74) is 1.05. The maximum absolute atomic E-state index is 11.7. The summed E-state index contributed by atoms with van der Waals surface area (Å²) in [4.78, 5) is 18.2. The topological polar surface area (TPSA) is 57.3 Å². The van der Waals surface area contributed by atoms with Crippen molar-refractivity contribution in [2.45, 2.75) is 39.2 Å². The molecule has 0 unspecified atom stereocenters. The number of hydrogen-bond donors (Lipinski definition) is 2. The Morgan fingerprint density at radius 2 is 1.90 bits per heavy atom. The summed E-state index contributed by atoms with van der Waals surface area (Å²) >= 11 is 0. The normalized spacial score (nSPS) is 16.6. The molecular formula is C16H26N4O. The SMILES string of the molecule is CC(C)(C)NC(=O)NCC1CCN(c2ccncc2)CC1. The van der Waals surface area contributed by atoms with E-state index in [0.717, 1.165) is 32.5 Å². The Morgan fingerprint density at radius 1 is 1.29 bits per heavy atom. The molecule has 0 bridgehead atoms. The number of pyridine rings is 1. The molecule has 1 saturated heterocycles. The molecule has 0 spiro atoms. The molecule has 2 N–H and O–H groups in total. The summed E-state index contributed by atoms with van der Waals surface area (Å²) < 4.78 is 0. The van der Waals surface area contributed by atoms with Crippen molar-refractivity contribution in [2.75, 3.05) is 24.5 Å². The molecule has 5 nitrogen and oxygen atoms in total. The number of aromatic nitrogens is 1. The van der Waals surface area contributed by atoms with Gasteiger partial charge in [-0.3, -0.25) is 4.98 Å². The van der Waals surface area contributed by atoms with Crippen molar-refractivity contribution in [1.29, 1.82) is 0 Å². The van der Waals surface area contributed by atoms with E-state index in [0.29, 0.717) is 5.92 Å². The average molecular weight is 290 g/mol. The van der Waals surface area contributed by atoms with Crippen LogP contribution < -0.4 is 15.5 Å². The Hall–Kier alpha value is -1.78. The molecule has 1 aliphatic rings. The van der Waals surface area contributed by atoms with Crippen LogP contribution in [0.4, 0.5) is 10.5 Å². The predicted molar refractivity (Wildman–Crippen MR) is 85.5 cm³/mol. The van der Waals surface area contributed by atoms with E-state index in [1.807, 2.05) is 33.2 Å². The standard InChI is InChI=1S/C16H26N4O/c1-16(2,3)19-15(21)18-12-13-6-10-20(11-7-13)14-4-8-17-9-5-14/h4-5,8-9,13H,6-7,10-12H2,1-3H3,(H2,18,19,21). The lowest BCUT2D eigenvalue weighted by Gasteiger charge is -2.33. The number of amides is 2. The molecule has 1 aromatic heterocycles. The first-order valence-corrected chi connectivity index (χ1v) is 7.65. The molecule has 0 saturated carbocycles. The molecule has 5 heteroatoms. The van der Waals surface area contributed by atoms with Gasteiger partial charge in [-0.15, -0.1) is 0 Å². The van der Waals surface area contributed by atoms with Gasteiger partial charge in [0.25, 0.3) is 0 Å². The van der Waals surface area contributed by atoms with Crippen molar-refractivity contribution in [3.63, 3.8) is 0 Å². The number of piperidine rings is 1. The molecule has 1 aliphatic heterocycles. The van der Waals surface area contributed by atoms with Crippen LogP contribution in [0.1, 0.15) is 33.6 Å². The van der Waals surface area contributed by atoms with Gasteiger partial charge >= 0.3 is 6.03 Å². The first-order valence-electron chi connectivity index (χ1n) is 7.65. The van der Waals surface area contributed by atoms with Crippen LogP contribution in [0.25, 0.3) is 0 Å². The molecule has 0 aliphatic carbocycles. The minimum Gasteiger partial charge on any atom is -0.371 e. The fourth-order valence-electron chi connectivity index (χ4n) is 2.57. The van der Waals surface area contributed by atoms with Crippen molar-refractivity contribution in [3.05, 3.63) is 24.5 Å². The second-order valence-electron chi connectivity index (χ2n) is 6.72. The summed E-state index contributed by atoms with van der Waals surface area (Å²) in [5, 5.41) is 5.91. The number of carbonyl (C=O) groups is 1. The first kappa shape index (κ1) is 15.6. The number of urea groups is 1. The summed E-state index contributed by atoms with van der Waals surface area (Å²) in [6, 6.07) is 4.03. The maximum Gasteiger partial charge on any atom is 0.315 e. The third kappa shape index (κ3) is 5.25. The van der Waals surface area contributed by atoms with E-state index in [-0.39, 0.29) is 11.6 Å². The Balaban J connectivity index is 1.71. The van der Waals surface area contributed by atoms with Crippen molar-refractivity contribution >= 4 is 11.7 Å². The molecule has 1 fully saturated rings. The van der Waals surface area contributed by atoms with Gasteiger partial charge in [-0.2, -0.15) is 0 Å². The monoisotopic (exact) mass is 290 g/mol. The summed E-state index contributed by atoms with van der Waals surface area (Å²) in [7, 11) is 0. The van der Waals surface area contributed by atoms with E-state index in [9.17, 15) is 4.79 Å². The first-order chi connectivity index (χ1) is 9.94. The molecule has 2 heterocycles. The van der Waals surface area contributed by atoms with Gasteiger partial charge in [0.1, 0.15) is 0 Å². The number of nitrogens with one attached hydrogen (secondary N) is 2. The van der Waals surface area contributed by atoms with Gasteiger partial charge in [0, 0.05) is 43.3 Å². The number of rotatable bonds is 3. The van der Waals surface area contributed by atoms with E-state index in [4.69, 9.17) is 0 Å². The molecule has 0 aromatic carbocycles. The quantitative estimate of drug-likeness (QED) is 0.898. The fourth-order valence-corrected chi connectivity index (χ4v) is 2.57. The lowest BCUT2D eigenvalue weighted by Crippen LogP contribution is -2.48. The van der Waals surface area contributed by atoms with Gasteiger partial charge < -0.3 is 15.5 Å². The van der Waals surface area contributed by atoms with Gasteiger partial charge in [0.15, 0.2) is 0 Å². The van der Waals surface area contributed by atoms with Gasteiger partial charge in [-0.1, -0.05) is 0 Å². The lowest BCUT2D eigenvalue weighted by molar-refractivity contribution is 0.228. The van der Waals surface area contributed by atoms with Crippen LogP contribution in [-0.2, 0) is 0 Å². The van der Waals surface area contributed by atoms with Crippen molar-refractivity contribution in [1.82, 2.24) is 15.6 Å². The van der Waals surface area contributed by atoms with E-state index >= 15 is 0 Å². The molecular weight excluding hydrogens is 264 g/mol. The second-order valence-corrected chi connectivity index (χ2v) is 6.72. The Morgan fingerprint density at radius 3 is 2.48 bits per heavy atom. The van der Waals surface area contributed by atoms with Crippen LogP contribution in [-0.4, -0.2) is 36.2 Å². The number of hydrogen-bond acceptors (Lipinski definition) is 3. The fraction of sp³-hybridized carbons (Fsp3) is 0.625. The summed E-state index contributed by atoms with van der Waals surface area (Å²) in [6.45, 7) is 8.79. The number of nitrogens with zero attached hydrogens (tertiary/aromatic N) is 2. The zero-order valence-corrected chi connectivity index (χ0v) is 13.2. The Bertz CT molecular complexity index is 447. The van der Waals surface area contributed by atoms with Crippen molar-refractivity contribution in [3.8, 4) is 0 Å². The number of carbonyl (C=O) groups excluding carboxylic acids is 1. The molecule has 0 atom stereocenters. The van der Waals surface area contributed by atoms with E-state index in [1.54, 1.807) is 0 Å². The Kier molecular flexibility index (Phi) is 5.04. The molecule has 2 amide bonds. The highest BCUT2D eigenvalue weighted by molar-refractivity contribution is 5.74. The molecule has 0 radical (unpaired) electrons. The van der Waals surface area contributed by atoms with Crippen LogP contribution in [0.15, 0.2) is 24.5 Å². The molecule has 116 valence electrons. The van der Waals surface area contributed by atoms with Gasteiger partial charge in [-0.25, -0.2) is 4.79 Å². The number of anilines is 1. The van der Waals surface area contributed by atoms with Crippen molar-refractivity contribution in [2.24, 2.45) is 5.92 Å². The van der Waals surface area contributed by atoms with E-state index < -0.39 is 0 Å². The maximum atomic E-state index is 11.7. The lowest BCUT2D eigenvalue weighted by atomic mass is 9.96. The molecule has 2 rings (SSSR count). The minimum atomic E-state index is -0.186. The average Bonchev–Trinajstić information content (AvgIpc) is 2.45. The van der Waals surface area contributed by atoms with Crippen LogP contribution in [0, 0.1) is 5.92 Å². The predicted octanol–water partition coefficient (Wildman–Crippen LogP) is 2.40. The third-order valence-corrected chi connectivity index (χ3v) is 3.68. The highest BCUT2D eigenvalue weighted by atomic mass is 16.2. The van der Waals surface area contributed by atoms with E-state index in [1.165, 1.54) is 5.69 Å². The van der Waals surface area contributed by atoms with Gasteiger partial charge in [-0.05, 0) is 51.7 Å². The zero-order valence-electron chi connectivity index (χ0n) is 13.2. The summed E-state index contributed by atoms with van der Waals surface area (Å²) in [6.07, 6.45) is 5.88. The zero-order chi connectivity index (χ0) is 15.3. The van der Waals surface area contributed by atoms with Gasteiger partial charge in [0.2, 0.25) is 0 Å². The molecule has 1 aromatic rings. The summed E-state index contributed by atoms with van der Waals surface area (Å²) in [5.74, 6) is 0.564. The molecule has 21 heavy (non-hydrogen) atoms. The highest BCUT2D eigenvalue weighted by Crippen LogP contribution is 2.22. The van der Waals surface area contributed by atoms with Gasteiger partial charge in [0.05, 0.1) is 0 Å². The van der Waals surface area contributed by atoms with E-state index in [2.05, 4.69) is 32.7 Å².